The zero-order valence-corrected chi connectivity index (χ0v) is 13.7. The van der Waals surface area contributed by atoms with Crippen LogP contribution in [0.4, 0.5) is 0 Å². The topological polar surface area (TPSA) is 102 Å². The van der Waals surface area contributed by atoms with E-state index in [0.717, 1.165) is 13.0 Å². The number of hydrogen-bond donors (Lipinski definition) is 5. The van der Waals surface area contributed by atoms with E-state index in [4.69, 9.17) is 9.84 Å². The Morgan fingerprint density at radius 2 is 1.59 bits per heavy atom. The molecule has 1 aliphatic heterocycles. The molecule has 1 heterocycles. The quantitative estimate of drug-likeness (QED) is 0.336. The van der Waals surface area contributed by atoms with Gasteiger partial charge in [0.25, 0.3) is 0 Å². The summed E-state index contributed by atoms with van der Waals surface area (Å²) in [7, 11) is 0. The summed E-state index contributed by atoms with van der Waals surface area (Å²) < 4.78 is 5.15. The standard InChI is InChI=1S/C16H33NO5/c1-2-3-4-5-6-7-8-9-10-17-11-13-14(19)15(20)16(21,12-18)22-13/h13-15,17-21H,2-12H2,1H3/t13-,14+,15-,16+/m1/s1. The van der Waals surface area contributed by atoms with Crippen molar-refractivity contribution >= 4 is 0 Å². The van der Waals surface area contributed by atoms with Gasteiger partial charge in [0.2, 0.25) is 5.79 Å². The normalized spacial score (nSPS) is 31.8. The van der Waals surface area contributed by atoms with Gasteiger partial charge < -0.3 is 30.5 Å². The molecule has 4 atom stereocenters. The fourth-order valence-corrected chi connectivity index (χ4v) is 2.79. The Morgan fingerprint density at radius 3 is 2.14 bits per heavy atom. The van der Waals surface area contributed by atoms with E-state index < -0.39 is 30.7 Å². The van der Waals surface area contributed by atoms with Gasteiger partial charge in [0.05, 0.1) is 6.61 Å². The van der Waals surface area contributed by atoms with Crippen LogP contribution in [-0.2, 0) is 4.74 Å². The molecular weight excluding hydrogens is 286 g/mol. The molecule has 0 aromatic carbocycles. The number of aliphatic hydroxyl groups is 4. The van der Waals surface area contributed by atoms with Crippen molar-refractivity contribution < 1.29 is 25.2 Å². The van der Waals surface area contributed by atoms with Crippen LogP contribution < -0.4 is 5.32 Å². The molecule has 0 spiro atoms. The lowest BCUT2D eigenvalue weighted by Crippen LogP contribution is -2.46. The summed E-state index contributed by atoms with van der Waals surface area (Å²) in [5, 5.41) is 41.4. The fraction of sp³-hybridized carbons (Fsp3) is 1.00. The molecular formula is C16H33NO5. The van der Waals surface area contributed by atoms with E-state index in [-0.39, 0.29) is 0 Å². The zero-order valence-electron chi connectivity index (χ0n) is 13.7. The number of hydrogen-bond acceptors (Lipinski definition) is 6. The summed E-state index contributed by atoms with van der Waals surface area (Å²) in [6.45, 7) is 2.64. The van der Waals surface area contributed by atoms with Gasteiger partial charge in [-0.2, -0.15) is 0 Å². The first kappa shape index (κ1) is 19.8. The number of unbranched alkanes of at least 4 members (excludes halogenated alkanes) is 7. The first-order valence-electron chi connectivity index (χ1n) is 8.63. The minimum absolute atomic E-state index is 0.344. The molecule has 132 valence electrons. The van der Waals surface area contributed by atoms with Crippen LogP contribution in [0.1, 0.15) is 58.3 Å². The highest BCUT2D eigenvalue weighted by Crippen LogP contribution is 2.28. The summed E-state index contributed by atoms with van der Waals surface area (Å²) in [5.74, 6) is -2.05. The largest absolute Gasteiger partial charge is 0.391 e. The highest BCUT2D eigenvalue weighted by molar-refractivity contribution is 4.95. The Bertz CT molecular complexity index is 292. The molecule has 1 saturated heterocycles. The lowest BCUT2D eigenvalue weighted by atomic mass is 10.1. The van der Waals surface area contributed by atoms with Crippen molar-refractivity contribution in [3.63, 3.8) is 0 Å². The van der Waals surface area contributed by atoms with Gasteiger partial charge in [-0.1, -0.05) is 51.9 Å². The van der Waals surface area contributed by atoms with Crippen molar-refractivity contribution in [2.24, 2.45) is 0 Å². The second kappa shape index (κ2) is 10.5. The predicted molar refractivity (Wildman–Crippen MR) is 84.4 cm³/mol. The van der Waals surface area contributed by atoms with Crippen LogP contribution in [0.3, 0.4) is 0 Å². The molecule has 5 N–H and O–H groups in total. The minimum atomic E-state index is -2.05. The Morgan fingerprint density at radius 1 is 1.00 bits per heavy atom. The highest BCUT2D eigenvalue weighted by atomic mass is 16.7. The highest BCUT2D eigenvalue weighted by Gasteiger charge is 2.52. The van der Waals surface area contributed by atoms with E-state index in [1.807, 2.05) is 0 Å². The summed E-state index contributed by atoms with van der Waals surface area (Å²) in [6, 6.07) is 0. The van der Waals surface area contributed by atoms with E-state index in [0.29, 0.717) is 6.54 Å². The first-order chi connectivity index (χ1) is 10.5. The third-order valence-electron chi connectivity index (χ3n) is 4.30. The molecule has 6 nitrogen and oxygen atoms in total. The average Bonchev–Trinajstić information content (AvgIpc) is 2.74. The minimum Gasteiger partial charge on any atom is -0.391 e. The summed E-state index contributed by atoms with van der Waals surface area (Å²) in [6.07, 6.45) is 6.66. The summed E-state index contributed by atoms with van der Waals surface area (Å²) in [5.41, 5.74) is 0. The van der Waals surface area contributed by atoms with Crippen LogP contribution in [0, 0.1) is 0 Å². The molecule has 6 heteroatoms. The number of nitrogens with one attached hydrogen (secondary N) is 1. The number of aliphatic hydroxyl groups excluding tert-OH is 3. The van der Waals surface area contributed by atoms with Crippen molar-refractivity contribution in [3.8, 4) is 0 Å². The Hall–Kier alpha value is -0.240. The van der Waals surface area contributed by atoms with Gasteiger partial charge in [-0.05, 0) is 13.0 Å². The van der Waals surface area contributed by atoms with Crippen LogP contribution in [0.25, 0.3) is 0 Å². The predicted octanol–water partition coefficient (Wildman–Crippen LogP) is 0.518. The number of rotatable bonds is 12. The van der Waals surface area contributed by atoms with Crippen molar-refractivity contribution in [2.45, 2.75) is 82.4 Å². The second-order valence-electron chi connectivity index (χ2n) is 6.27. The number of ether oxygens (including phenoxy) is 1. The van der Waals surface area contributed by atoms with E-state index in [9.17, 15) is 15.3 Å². The van der Waals surface area contributed by atoms with Gasteiger partial charge >= 0.3 is 0 Å². The van der Waals surface area contributed by atoms with Crippen LogP contribution in [-0.4, -0.2) is 64.2 Å². The maximum atomic E-state index is 9.78. The van der Waals surface area contributed by atoms with Gasteiger partial charge in [-0.25, -0.2) is 0 Å². The smallest absolute Gasteiger partial charge is 0.219 e. The molecule has 0 saturated carbocycles. The molecule has 1 rings (SSSR count). The van der Waals surface area contributed by atoms with Gasteiger partial charge in [-0.3, -0.25) is 0 Å². The zero-order chi connectivity index (χ0) is 16.4. The van der Waals surface area contributed by atoms with Crippen molar-refractivity contribution in [1.82, 2.24) is 5.32 Å². The van der Waals surface area contributed by atoms with E-state index in [2.05, 4.69) is 12.2 Å². The monoisotopic (exact) mass is 319 g/mol. The fourth-order valence-electron chi connectivity index (χ4n) is 2.79. The molecule has 0 aromatic rings. The van der Waals surface area contributed by atoms with E-state index >= 15 is 0 Å². The molecule has 0 aromatic heterocycles. The summed E-state index contributed by atoms with van der Waals surface area (Å²) >= 11 is 0. The molecule has 0 aliphatic carbocycles. The lowest BCUT2D eigenvalue weighted by Gasteiger charge is -2.22. The molecule has 0 amide bonds. The van der Waals surface area contributed by atoms with Crippen LogP contribution >= 0.6 is 0 Å². The van der Waals surface area contributed by atoms with Gasteiger partial charge in [-0.15, -0.1) is 0 Å². The lowest BCUT2D eigenvalue weighted by molar-refractivity contribution is -0.245. The maximum Gasteiger partial charge on any atom is 0.219 e. The van der Waals surface area contributed by atoms with Gasteiger partial charge in [0.1, 0.15) is 18.3 Å². The summed E-state index contributed by atoms with van der Waals surface area (Å²) in [4.78, 5) is 0. The molecule has 22 heavy (non-hydrogen) atoms. The average molecular weight is 319 g/mol. The molecule has 0 unspecified atom stereocenters. The third kappa shape index (κ3) is 6.10. The van der Waals surface area contributed by atoms with Crippen molar-refractivity contribution in [3.05, 3.63) is 0 Å². The van der Waals surface area contributed by atoms with E-state index in [1.165, 1.54) is 44.9 Å². The Kier molecular flexibility index (Phi) is 9.47. The molecule has 0 bridgehead atoms. The Balaban J connectivity index is 2.01. The van der Waals surface area contributed by atoms with Crippen molar-refractivity contribution in [2.75, 3.05) is 19.7 Å². The van der Waals surface area contributed by atoms with Gasteiger partial charge in [0.15, 0.2) is 0 Å². The van der Waals surface area contributed by atoms with Crippen LogP contribution in [0.5, 0.6) is 0 Å². The first-order valence-corrected chi connectivity index (χ1v) is 8.63. The molecule has 1 aliphatic rings. The van der Waals surface area contributed by atoms with Gasteiger partial charge in [0, 0.05) is 6.54 Å². The Labute approximate surface area is 133 Å². The molecule has 0 radical (unpaired) electrons. The maximum absolute atomic E-state index is 9.78. The van der Waals surface area contributed by atoms with Crippen molar-refractivity contribution in [1.29, 1.82) is 0 Å². The second-order valence-corrected chi connectivity index (χ2v) is 6.27. The SMILES string of the molecule is CCCCCCCCCCNC[C@H]1O[C@@](O)(CO)[C@H](O)[C@H]1O. The van der Waals surface area contributed by atoms with Crippen LogP contribution in [0.2, 0.25) is 0 Å². The van der Waals surface area contributed by atoms with Crippen LogP contribution in [0.15, 0.2) is 0 Å². The third-order valence-corrected chi connectivity index (χ3v) is 4.30. The molecule has 1 fully saturated rings. The van der Waals surface area contributed by atoms with E-state index in [1.54, 1.807) is 0 Å².